The molecule has 0 radical (unpaired) electrons. The van der Waals surface area contributed by atoms with Crippen LogP contribution < -0.4 is 5.43 Å². The van der Waals surface area contributed by atoms with Crippen LogP contribution in [-0.4, -0.2) is 11.6 Å². The molecule has 0 aromatic heterocycles. The SMILES string of the molecule is CC1CCC(=NNC(=O)c2ccccc2Br)CC1. The van der Waals surface area contributed by atoms with Gasteiger partial charge in [-0.2, -0.15) is 5.10 Å². The molecule has 0 bridgehead atoms. The van der Waals surface area contributed by atoms with E-state index in [1.54, 1.807) is 6.07 Å². The summed E-state index contributed by atoms with van der Waals surface area (Å²) in [6.45, 7) is 2.26. The van der Waals surface area contributed by atoms with Crippen LogP contribution in [0.4, 0.5) is 0 Å². The van der Waals surface area contributed by atoms with Gasteiger partial charge in [0.15, 0.2) is 0 Å². The molecule has 4 heteroatoms. The van der Waals surface area contributed by atoms with Crippen molar-refractivity contribution in [3.63, 3.8) is 0 Å². The minimum Gasteiger partial charge on any atom is -0.267 e. The van der Waals surface area contributed by atoms with E-state index in [4.69, 9.17) is 0 Å². The van der Waals surface area contributed by atoms with Crippen LogP contribution in [0.5, 0.6) is 0 Å². The number of nitrogens with one attached hydrogen (secondary N) is 1. The van der Waals surface area contributed by atoms with Crippen LogP contribution in [0, 0.1) is 5.92 Å². The summed E-state index contributed by atoms with van der Waals surface area (Å²) in [7, 11) is 0. The Bertz CT molecular complexity index is 461. The molecule has 18 heavy (non-hydrogen) atoms. The quantitative estimate of drug-likeness (QED) is 0.831. The molecule has 0 spiro atoms. The van der Waals surface area contributed by atoms with Crippen LogP contribution in [0.2, 0.25) is 0 Å². The number of nitrogens with zero attached hydrogens (tertiary/aromatic N) is 1. The average molecular weight is 309 g/mol. The van der Waals surface area contributed by atoms with Crippen LogP contribution >= 0.6 is 15.9 Å². The van der Waals surface area contributed by atoms with Crippen molar-refractivity contribution in [2.75, 3.05) is 0 Å². The highest BCUT2D eigenvalue weighted by molar-refractivity contribution is 9.10. The van der Waals surface area contributed by atoms with Crippen molar-refractivity contribution in [2.45, 2.75) is 32.6 Å². The number of benzene rings is 1. The molecule has 0 saturated heterocycles. The first kappa shape index (κ1) is 13.3. The maximum atomic E-state index is 11.9. The second-order valence-electron chi connectivity index (χ2n) is 4.78. The lowest BCUT2D eigenvalue weighted by Crippen LogP contribution is -2.22. The number of rotatable bonds is 2. The van der Waals surface area contributed by atoms with E-state index >= 15 is 0 Å². The van der Waals surface area contributed by atoms with Gasteiger partial charge >= 0.3 is 0 Å². The van der Waals surface area contributed by atoms with E-state index in [0.717, 1.165) is 28.9 Å². The molecule has 0 aliphatic heterocycles. The van der Waals surface area contributed by atoms with E-state index in [1.807, 2.05) is 18.2 Å². The fraction of sp³-hybridized carbons (Fsp3) is 0.429. The van der Waals surface area contributed by atoms with Crippen molar-refractivity contribution in [1.29, 1.82) is 0 Å². The monoisotopic (exact) mass is 308 g/mol. The van der Waals surface area contributed by atoms with Gasteiger partial charge in [0.1, 0.15) is 0 Å². The zero-order chi connectivity index (χ0) is 13.0. The normalized spacial score (nSPS) is 19.4. The Labute approximate surface area is 116 Å². The van der Waals surface area contributed by atoms with Crippen molar-refractivity contribution in [3.8, 4) is 0 Å². The second-order valence-corrected chi connectivity index (χ2v) is 5.64. The summed E-state index contributed by atoms with van der Waals surface area (Å²) in [6.07, 6.45) is 4.34. The van der Waals surface area contributed by atoms with E-state index in [0.29, 0.717) is 5.56 Å². The summed E-state index contributed by atoms with van der Waals surface area (Å²) in [4.78, 5) is 11.9. The molecule has 0 atom stereocenters. The molecule has 1 fully saturated rings. The molecule has 1 amide bonds. The Balaban J connectivity index is 1.96. The third kappa shape index (κ3) is 3.42. The molecule has 1 N–H and O–H groups in total. The van der Waals surface area contributed by atoms with E-state index in [-0.39, 0.29) is 5.91 Å². The molecule has 1 aromatic carbocycles. The average Bonchev–Trinajstić information content (AvgIpc) is 2.38. The largest absolute Gasteiger partial charge is 0.272 e. The highest BCUT2D eigenvalue weighted by atomic mass is 79.9. The Morgan fingerprint density at radius 2 is 2.00 bits per heavy atom. The summed E-state index contributed by atoms with van der Waals surface area (Å²) in [5.74, 6) is 0.622. The van der Waals surface area contributed by atoms with Gasteiger partial charge in [-0.3, -0.25) is 4.79 Å². The predicted octanol–water partition coefficient (Wildman–Crippen LogP) is 3.75. The first-order valence-corrected chi connectivity index (χ1v) is 7.06. The first-order chi connectivity index (χ1) is 8.66. The number of hydrogen-bond acceptors (Lipinski definition) is 2. The molecule has 1 saturated carbocycles. The number of amides is 1. The molecule has 0 heterocycles. The topological polar surface area (TPSA) is 41.5 Å². The molecular weight excluding hydrogens is 292 g/mol. The van der Waals surface area contributed by atoms with Crippen LogP contribution in [0.1, 0.15) is 43.0 Å². The van der Waals surface area contributed by atoms with Gasteiger partial charge in [-0.15, -0.1) is 0 Å². The van der Waals surface area contributed by atoms with E-state index in [9.17, 15) is 4.79 Å². The summed E-state index contributed by atoms with van der Waals surface area (Å²) >= 11 is 3.36. The third-order valence-electron chi connectivity index (χ3n) is 3.29. The Hall–Kier alpha value is -1.16. The van der Waals surface area contributed by atoms with E-state index in [1.165, 1.54) is 12.8 Å². The van der Waals surface area contributed by atoms with Gasteiger partial charge < -0.3 is 0 Å². The molecule has 96 valence electrons. The molecule has 0 unspecified atom stereocenters. The first-order valence-electron chi connectivity index (χ1n) is 6.27. The lowest BCUT2D eigenvalue weighted by Gasteiger charge is -2.18. The number of carbonyl (C=O) groups is 1. The Morgan fingerprint density at radius 1 is 1.33 bits per heavy atom. The van der Waals surface area contributed by atoms with Crippen molar-refractivity contribution < 1.29 is 4.79 Å². The molecule has 1 aromatic rings. The number of halogens is 1. The maximum Gasteiger partial charge on any atom is 0.272 e. The lowest BCUT2D eigenvalue weighted by atomic mass is 9.90. The molecule has 1 aliphatic carbocycles. The molecule has 3 nitrogen and oxygen atoms in total. The van der Waals surface area contributed by atoms with Crippen LogP contribution in [0.3, 0.4) is 0 Å². The third-order valence-corrected chi connectivity index (χ3v) is 3.98. The number of hydrazone groups is 1. The zero-order valence-electron chi connectivity index (χ0n) is 10.4. The minimum atomic E-state index is -0.159. The van der Waals surface area contributed by atoms with Gasteiger partial charge in [0.25, 0.3) is 5.91 Å². The van der Waals surface area contributed by atoms with Gasteiger partial charge in [0, 0.05) is 10.2 Å². The van der Waals surface area contributed by atoms with E-state index < -0.39 is 0 Å². The Morgan fingerprint density at radius 3 is 2.67 bits per heavy atom. The highest BCUT2D eigenvalue weighted by Gasteiger charge is 2.14. The predicted molar refractivity (Wildman–Crippen MR) is 76.7 cm³/mol. The summed E-state index contributed by atoms with van der Waals surface area (Å²) in [5, 5.41) is 4.23. The minimum absolute atomic E-state index is 0.159. The van der Waals surface area contributed by atoms with Gasteiger partial charge in [-0.1, -0.05) is 19.1 Å². The van der Waals surface area contributed by atoms with Crippen LogP contribution in [-0.2, 0) is 0 Å². The van der Waals surface area contributed by atoms with Gasteiger partial charge in [-0.05, 0) is 59.7 Å². The smallest absolute Gasteiger partial charge is 0.267 e. The van der Waals surface area contributed by atoms with Gasteiger partial charge in [0.2, 0.25) is 0 Å². The molecule has 1 aliphatic rings. The molecular formula is C14H17BrN2O. The van der Waals surface area contributed by atoms with Crippen molar-refractivity contribution >= 4 is 27.5 Å². The summed E-state index contributed by atoms with van der Waals surface area (Å²) in [5.41, 5.74) is 4.37. The van der Waals surface area contributed by atoms with Gasteiger partial charge in [0.05, 0.1) is 5.56 Å². The maximum absolute atomic E-state index is 11.9. The van der Waals surface area contributed by atoms with Crippen molar-refractivity contribution in [3.05, 3.63) is 34.3 Å². The Kier molecular flexibility index (Phi) is 4.53. The zero-order valence-corrected chi connectivity index (χ0v) is 12.0. The van der Waals surface area contributed by atoms with Crippen LogP contribution in [0.25, 0.3) is 0 Å². The fourth-order valence-electron chi connectivity index (χ4n) is 2.04. The fourth-order valence-corrected chi connectivity index (χ4v) is 2.51. The molecule has 2 rings (SSSR count). The van der Waals surface area contributed by atoms with Crippen LogP contribution in [0.15, 0.2) is 33.8 Å². The lowest BCUT2D eigenvalue weighted by molar-refractivity contribution is 0.0953. The van der Waals surface area contributed by atoms with Crippen molar-refractivity contribution in [2.24, 2.45) is 11.0 Å². The number of hydrogen-bond donors (Lipinski definition) is 1. The van der Waals surface area contributed by atoms with Crippen molar-refractivity contribution in [1.82, 2.24) is 5.43 Å². The standard InChI is InChI=1S/C14H17BrN2O/c1-10-6-8-11(9-7-10)16-17-14(18)12-4-2-3-5-13(12)15/h2-5,10H,6-9H2,1H3,(H,17,18). The second kappa shape index (κ2) is 6.14. The van der Waals surface area contributed by atoms with Gasteiger partial charge in [-0.25, -0.2) is 5.43 Å². The summed E-state index contributed by atoms with van der Waals surface area (Å²) < 4.78 is 0.792. The highest BCUT2D eigenvalue weighted by Crippen LogP contribution is 2.21. The number of carbonyl (C=O) groups excluding carboxylic acids is 1. The summed E-state index contributed by atoms with van der Waals surface area (Å²) in [6, 6.07) is 7.36. The van der Waals surface area contributed by atoms with E-state index in [2.05, 4.69) is 33.4 Å².